The van der Waals surface area contributed by atoms with Crippen LogP contribution in [0.3, 0.4) is 0 Å². The van der Waals surface area contributed by atoms with Crippen LogP contribution >= 0.6 is 0 Å². The molecule has 1 fully saturated rings. The number of nitrogens with one attached hydrogen (secondary N) is 1. The smallest absolute Gasteiger partial charge is 0.335 e. The van der Waals surface area contributed by atoms with E-state index in [0.29, 0.717) is 28.3 Å². The first-order valence-electron chi connectivity index (χ1n) is 9.98. The third-order valence-electron chi connectivity index (χ3n) is 4.92. The molecule has 166 valence electrons. The molecule has 1 heterocycles. The summed E-state index contributed by atoms with van der Waals surface area (Å²) in [5.41, 5.74) is 1.10. The quantitative estimate of drug-likeness (QED) is 0.456. The summed E-state index contributed by atoms with van der Waals surface area (Å²) in [5, 5.41) is 2.19. The number of hydrogen-bond donors (Lipinski definition) is 1. The van der Waals surface area contributed by atoms with Crippen molar-refractivity contribution in [2.75, 3.05) is 12.0 Å². The molecule has 3 aromatic rings. The Hall–Kier alpha value is -4.46. The van der Waals surface area contributed by atoms with Crippen molar-refractivity contribution in [3.05, 3.63) is 95.3 Å². The Morgan fingerprint density at radius 2 is 1.76 bits per heavy atom. The van der Waals surface area contributed by atoms with Crippen LogP contribution in [0, 0.1) is 5.82 Å². The summed E-state index contributed by atoms with van der Waals surface area (Å²) in [6.45, 7) is 0.0515. The maximum absolute atomic E-state index is 13.5. The lowest BCUT2D eigenvalue weighted by Crippen LogP contribution is -2.54. The van der Waals surface area contributed by atoms with Gasteiger partial charge in [0.05, 0.1) is 12.8 Å². The number of rotatable bonds is 6. The van der Waals surface area contributed by atoms with Crippen LogP contribution in [0.25, 0.3) is 6.08 Å². The van der Waals surface area contributed by atoms with Gasteiger partial charge in [-0.1, -0.05) is 30.3 Å². The standard InChI is InChI=1S/C25H19FN2O5/c1-32-20-11-10-17(22(14-20)33-15-16-6-5-7-18(26)12-16)13-21-23(29)27-25(31)28(24(21)30)19-8-3-2-4-9-19/h2-14H,15H2,1H3,(H,27,29,31)/b21-13+. The molecule has 33 heavy (non-hydrogen) atoms. The molecule has 0 saturated carbocycles. The Morgan fingerprint density at radius 3 is 2.48 bits per heavy atom. The molecular weight excluding hydrogens is 427 g/mol. The molecule has 8 heteroatoms. The van der Waals surface area contributed by atoms with Gasteiger partial charge in [-0.15, -0.1) is 0 Å². The van der Waals surface area contributed by atoms with Gasteiger partial charge in [0.15, 0.2) is 0 Å². The number of barbiturate groups is 1. The first-order chi connectivity index (χ1) is 16.0. The molecule has 4 amide bonds. The molecule has 1 aliphatic heterocycles. The number of urea groups is 1. The van der Waals surface area contributed by atoms with Crippen molar-refractivity contribution in [3.63, 3.8) is 0 Å². The van der Waals surface area contributed by atoms with E-state index >= 15 is 0 Å². The minimum absolute atomic E-state index is 0.0515. The van der Waals surface area contributed by atoms with Gasteiger partial charge >= 0.3 is 6.03 Å². The predicted molar refractivity (Wildman–Crippen MR) is 119 cm³/mol. The number of nitrogens with zero attached hydrogens (tertiary/aromatic N) is 1. The summed E-state index contributed by atoms with van der Waals surface area (Å²) in [6, 6.07) is 18.3. The number of para-hydroxylation sites is 1. The van der Waals surface area contributed by atoms with E-state index in [0.717, 1.165) is 4.90 Å². The molecule has 0 atom stereocenters. The van der Waals surface area contributed by atoms with Gasteiger partial charge < -0.3 is 9.47 Å². The van der Waals surface area contributed by atoms with Gasteiger partial charge in [-0.2, -0.15) is 0 Å². The fourth-order valence-electron chi connectivity index (χ4n) is 3.30. The zero-order valence-corrected chi connectivity index (χ0v) is 17.6. The van der Waals surface area contributed by atoms with Gasteiger partial charge in [-0.05, 0) is 48.0 Å². The summed E-state index contributed by atoms with van der Waals surface area (Å²) in [6.07, 6.45) is 1.35. The maximum Gasteiger partial charge on any atom is 0.335 e. The Labute approximate surface area is 189 Å². The van der Waals surface area contributed by atoms with Crippen molar-refractivity contribution < 1.29 is 28.2 Å². The highest BCUT2D eigenvalue weighted by molar-refractivity contribution is 6.39. The Kier molecular flexibility index (Phi) is 6.17. The Bertz CT molecular complexity index is 1260. The first-order valence-corrected chi connectivity index (χ1v) is 9.98. The molecule has 0 radical (unpaired) electrons. The number of anilines is 1. The van der Waals surface area contributed by atoms with Crippen LogP contribution < -0.4 is 19.7 Å². The van der Waals surface area contributed by atoms with Gasteiger partial charge in [0, 0.05) is 11.6 Å². The topological polar surface area (TPSA) is 84.9 Å². The molecule has 1 saturated heterocycles. The predicted octanol–water partition coefficient (Wildman–Crippen LogP) is 4.08. The minimum Gasteiger partial charge on any atom is -0.497 e. The summed E-state index contributed by atoms with van der Waals surface area (Å²) in [5.74, 6) is -1.16. The third kappa shape index (κ3) is 4.74. The van der Waals surface area contributed by atoms with Gasteiger partial charge in [0.1, 0.15) is 29.5 Å². The summed E-state index contributed by atoms with van der Waals surface area (Å²) >= 11 is 0. The highest BCUT2D eigenvalue weighted by Gasteiger charge is 2.36. The molecule has 1 N–H and O–H groups in total. The Balaban J connectivity index is 1.68. The monoisotopic (exact) mass is 446 g/mol. The van der Waals surface area contributed by atoms with Gasteiger partial charge in [0.2, 0.25) is 0 Å². The highest BCUT2D eigenvalue weighted by atomic mass is 19.1. The lowest BCUT2D eigenvalue weighted by molar-refractivity contribution is -0.122. The number of ether oxygens (including phenoxy) is 2. The van der Waals surface area contributed by atoms with Crippen LogP contribution in [-0.2, 0) is 16.2 Å². The molecule has 0 bridgehead atoms. The van der Waals surface area contributed by atoms with Crippen LogP contribution in [0.2, 0.25) is 0 Å². The van der Waals surface area contributed by atoms with Crippen molar-refractivity contribution in [1.29, 1.82) is 0 Å². The lowest BCUT2D eigenvalue weighted by atomic mass is 10.1. The van der Waals surface area contributed by atoms with Crippen LogP contribution in [0.4, 0.5) is 14.9 Å². The SMILES string of the molecule is COc1ccc(/C=C2\C(=O)NC(=O)N(c3ccccc3)C2=O)c(OCc2cccc(F)c2)c1. The number of benzene rings is 3. The number of imide groups is 2. The van der Waals surface area contributed by atoms with Crippen molar-refractivity contribution in [2.45, 2.75) is 6.61 Å². The average molecular weight is 446 g/mol. The van der Waals surface area contributed by atoms with Crippen molar-refractivity contribution >= 4 is 29.6 Å². The largest absolute Gasteiger partial charge is 0.497 e. The van der Waals surface area contributed by atoms with E-state index in [2.05, 4.69) is 5.32 Å². The number of carbonyl (C=O) groups excluding carboxylic acids is 3. The molecule has 0 aromatic heterocycles. The molecule has 4 rings (SSSR count). The van der Waals surface area contributed by atoms with Crippen LogP contribution in [-0.4, -0.2) is 25.0 Å². The van der Waals surface area contributed by atoms with Gasteiger partial charge in [0.25, 0.3) is 11.8 Å². The second-order valence-corrected chi connectivity index (χ2v) is 7.12. The van der Waals surface area contributed by atoms with Crippen molar-refractivity contribution in [2.24, 2.45) is 0 Å². The van der Waals surface area contributed by atoms with Gasteiger partial charge in [-0.3, -0.25) is 14.9 Å². The van der Waals surface area contributed by atoms with Crippen LogP contribution in [0.1, 0.15) is 11.1 Å². The minimum atomic E-state index is -0.828. The molecule has 0 spiro atoms. The van der Waals surface area contributed by atoms with Gasteiger partial charge in [-0.25, -0.2) is 14.1 Å². The maximum atomic E-state index is 13.5. The zero-order chi connectivity index (χ0) is 23.4. The van der Waals surface area contributed by atoms with Crippen LogP contribution in [0.15, 0.2) is 78.4 Å². The lowest BCUT2D eigenvalue weighted by Gasteiger charge is -2.26. The number of halogens is 1. The first kappa shape index (κ1) is 21.8. The molecule has 1 aliphatic rings. The summed E-state index contributed by atoms with van der Waals surface area (Å²) in [7, 11) is 1.49. The molecule has 0 unspecified atom stereocenters. The van der Waals surface area contributed by atoms with E-state index in [-0.39, 0.29) is 18.0 Å². The number of carbonyl (C=O) groups is 3. The van der Waals surface area contributed by atoms with Crippen molar-refractivity contribution in [1.82, 2.24) is 5.32 Å². The normalized spacial score (nSPS) is 14.9. The van der Waals surface area contributed by atoms with E-state index in [1.807, 2.05) is 0 Å². The molecular formula is C25H19FN2O5. The average Bonchev–Trinajstić information content (AvgIpc) is 2.81. The highest BCUT2D eigenvalue weighted by Crippen LogP contribution is 2.29. The second kappa shape index (κ2) is 9.35. The summed E-state index contributed by atoms with van der Waals surface area (Å²) < 4.78 is 24.6. The number of hydrogen-bond acceptors (Lipinski definition) is 5. The fraction of sp³-hybridized carbons (Fsp3) is 0.0800. The van der Waals surface area contributed by atoms with Crippen molar-refractivity contribution in [3.8, 4) is 11.5 Å². The number of amides is 4. The third-order valence-corrected chi connectivity index (χ3v) is 4.92. The molecule has 7 nitrogen and oxygen atoms in total. The zero-order valence-electron chi connectivity index (χ0n) is 17.6. The van der Waals surface area contributed by atoms with E-state index in [4.69, 9.17) is 9.47 Å². The summed E-state index contributed by atoms with van der Waals surface area (Å²) in [4.78, 5) is 38.8. The van der Waals surface area contributed by atoms with E-state index in [1.54, 1.807) is 60.7 Å². The van der Waals surface area contributed by atoms with E-state index in [9.17, 15) is 18.8 Å². The Morgan fingerprint density at radius 1 is 0.970 bits per heavy atom. The van der Waals surface area contributed by atoms with E-state index in [1.165, 1.54) is 25.3 Å². The molecule has 0 aliphatic carbocycles. The van der Waals surface area contributed by atoms with Crippen LogP contribution in [0.5, 0.6) is 11.5 Å². The number of methoxy groups -OCH3 is 1. The fourth-order valence-corrected chi connectivity index (χ4v) is 3.30. The molecule has 3 aromatic carbocycles. The second-order valence-electron chi connectivity index (χ2n) is 7.12. The van der Waals surface area contributed by atoms with E-state index < -0.39 is 17.8 Å².